The zero-order valence-electron chi connectivity index (χ0n) is 13.6. The molecule has 3 aromatic rings. The van der Waals surface area contributed by atoms with Crippen molar-refractivity contribution in [2.75, 3.05) is 0 Å². The van der Waals surface area contributed by atoms with Gasteiger partial charge in [-0.1, -0.05) is 54.6 Å². The second kappa shape index (κ2) is 6.97. The van der Waals surface area contributed by atoms with Crippen LogP contribution in [0.15, 0.2) is 60.7 Å². The molecule has 1 heterocycles. The van der Waals surface area contributed by atoms with Crippen LogP contribution in [-0.2, 0) is 0 Å². The fourth-order valence-corrected chi connectivity index (χ4v) is 2.89. The van der Waals surface area contributed by atoms with E-state index in [4.69, 9.17) is 0 Å². The largest absolute Gasteiger partial charge is 0.289 e. The second-order valence-electron chi connectivity index (χ2n) is 5.73. The zero-order chi connectivity index (χ0) is 17.1. The van der Waals surface area contributed by atoms with Gasteiger partial charge in [-0.2, -0.15) is 12.6 Å². The van der Waals surface area contributed by atoms with E-state index >= 15 is 0 Å². The topological polar surface area (TPSA) is 42.9 Å². The highest BCUT2D eigenvalue weighted by atomic mass is 32.1. The summed E-state index contributed by atoms with van der Waals surface area (Å²) in [5.41, 5.74) is 4.16. The monoisotopic (exact) mass is 334 g/mol. The van der Waals surface area contributed by atoms with Gasteiger partial charge in [-0.05, 0) is 25.5 Å². The molecule has 0 N–H and O–H groups in total. The lowest BCUT2D eigenvalue weighted by Gasteiger charge is -2.12. The van der Waals surface area contributed by atoms with E-state index in [2.05, 4.69) is 22.6 Å². The van der Waals surface area contributed by atoms with Gasteiger partial charge in [-0.25, -0.2) is 9.97 Å². The van der Waals surface area contributed by atoms with Crippen molar-refractivity contribution in [2.45, 2.75) is 19.1 Å². The van der Waals surface area contributed by atoms with Gasteiger partial charge in [0.2, 0.25) is 0 Å². The van der Waals surface area contributed by atoms with E-state index in [0.717, 1.165) is 17.0 Å². The zero-order valence-corrected chi connectivity index (χ0v) is 14.5. The predicted octanol–water partition coefficient (Wildman–Crippen LogP) is 4.34. The van der Waals surface area contributed by atoms with Crippen LogP contribution in [0.1, 0.15) is 43.9 Å². The van der Waals surface area contributed by atoms with Crippen molar-refractivity contribution < 1.29 is 4.79 Å². The van der Waals surface area contributed by atoms with Crippen molar-refractivity contribution in [1.29, 1.82) is 0 Å². The van der Waals surface area contributed by atoms with Gasteiger partial charge >= 0.3 is 0 Å². The number of ketones is 1. The molecule has 3 nitrogen and oxygen atoms in total. The minimum Gasteiger partial charge on any atom is -0.289 e. The molecule has 120 valence electrons. The third kappa shape index (κ3) is 3.54. The minimum atomic E-state index is -0.218. The van der Waals surface area contributed by atoms with Crippen molar-refractivity contribution in [1.82, 2.24) is 9.97 Å². The molecule has 0 fully saturated rings. The maximum absolute atomic E-state index is 12.4. The summed E-state index contributed by atoms with van der Waals surface area (Å²) in [6, 6.07) is 18.7. The first-order valence-corrected chi connectivity index (χ1v) is 8.26. The molecule has 0 aliphatic carbocycles. The van der Waals surface area contributed by atoms with Crippen LogP contribution in [0.4, 0.5) is 0 Å². The van der Waals surface area contributed by atoms with Gasteiger partial charge in [0.05, 0.1) is 5.25 Å². The van der Waals surface area contributed by atoms with Crippen molar-refractivity contribution in [3.8, 4) is 0 Å². The Hall–Kier alpha value is -2.46. The highest BCUT2D eigenvalue weighted by molar-refractivity contribution is 7.80. The first-order valence-electron chi connectivity index (χ1n) is 7.74. The van der Waals surface area contributed by atoms with Gasteiger partial charge < -0.3 is 0 Å². The summed E-state index contributed by atoms with van der Waals surface area (Å²) in [6.07, 6.45) is 0. The fourth-order valence-electron chi connectivity index (χ4n) is 2.60. The number of rotatable bonds is 4. The fraction of sp³-hybridized carbons (Fsp3) is 0.150. The normalized spacial score (nSPS) is 12.0. The maximum Gasteiger partial charge on any atom is 0.193 e. The molecule has 0 aliphatic heterocycles. The van der Waals surface area contributed by atoms with Crippen molar-refractivity contribution >= 4 is 18.4 Å². The van der Waals surface area contributed by atoms with Crippen LogP contribution in [0.25, 0.3) is 0 Å². The molecule has 3 rings (SSSR count). The molecule has 0 amide bonds. The van der Waals surface area contributed by atoms with E-state index in [1.165, 1.54) is 0 Å². The Labute approximate surface area is 147 Å². The summed E-state index contributed by atoms with van der Waals surface area (Å²) in [7, 11) is 0. The highest BCUT2D eigenvalue weighted by Crippen LogP contribution is 2.26. The number of carbonyl (C=O) groups excluding carboxylic acids is 1. The second-order valence-corrected chi connectivity index (χ2v) is 6.24. The number of thiol groups is 1. The molecule has 24 heavy (non-hydrogen) atoms. The van der Waals surface area contributed by atoms with E-state index in [1.807, 2.05) is 74.5 Å². The quantitative estimate of drug-likeness (QED) is 0.570. The highest BCUT2D eigenvalue weighted by Gasteiger charge is 2.15. The Morgan fingerprint density at radius 1 is 0.875 bits per heavy atom. The molecule has 1 atom stereocenters. The molecule has 1 aromatic heterocycles. The lowest BCUT2D eigenvalue weighted by molar-refractivity contribution is 0.103. The van der Waals surface area contributed by atoms with Crippen LogP contribution in [0.3, 0.4) is 0 Å². The number of hydrogen-bond acceptors (Lipinski definition) is 4. The molecule has 4 heteroatoms. The van der Waals surface area contributed by atoms with Crippen molar-refractivity contribution in [3.05, 3.63) is 94.6 Å². The molecular formula is C20H18N2OS. The van der Waals surface area contributed by atoms with Crippen LogP contribution in [-0.4, -0.2) is 15.8 Å². The van der Waals surface area contributed by atoms with Crippen LogP contribution in [0.5, 0.6) is 0 Å². The van der Waals surface area contributed by atoms with Crippen LogP contribution in [0.2, 0.25) is 0 Å². The summed E-state index contributed by atoms with van der Waals surface area (Å²) >= 11 is 4.65. The van der Waals surface area contributed by atoms with Crippen molar-refractivity contribution in [3.63, 3.8) is 0 Å². The van der Waals surface area contributed by atoms with Gasteiger partial charge in [-0.3, -0.25) is 4.79 Å². The average Bonchev–Trinajstić information content (AvgIpc) is 2.60. The lowest BCUT2D eigenvalue weighted by atomic mass is 10.0. The van der Waals surface area contributed by atoms with Crippen LogP contribution in [0, 0.1) is 13.8 Å². The van der Waals surface area contributed by atoms with E-state index in [0.29, 0.717) is 17.0 Å². The van der Waals surface area contributed by atoms with E-state index in [-0.39, 0.29) is 11.0 Å². The molecule has 2 aromatic carbocycles. The number of aryl methyl sites for hydroxylation is 2. The van der Waals surface area contributed by atoms with Crippen molar-refractivity contribution in [2.24, 2.45) is 0 Å². The summed E-state index contributed by atoms with van der Waals surface area (Å²) in [5, 5.41) is -0.218. The number of aromatic nitrogens is 2. The van der Waals surface area contributed by atoms with Crippen LogP contribution < -0.4 is 0 Å². The molecule has 0 radical (unpaired) electrons. The lowest BCUT2D eigenvalue weighted by Crippen LogP contribution is -2.05. The SMILES string of the molecule is Cc1cc(C)nc(C(S)c2ccc(C(=O)c3ccccc3)cc2)n1. The first kappa shape index (κ1) is 16.4. The van der Waals surface area contributed by atoms with Gasteiger partial charge in [0.1, 0.15) is 5.82 Å². The smallest absolute Gasteiger partial charge is 0.193 e. The molecule has 0 saturated carbocycles. The van der Waals surface area contributed by atoms with E-state index in [1.54, 1.807) is 0 Å². The third-order valence-electron chi connectivity index (χ3n) is 3.77. The third-order valence-corrected chi connectivity index (χ3v) is 4.30. The number of nitrogens with zero attached hydrogens (tertiary/aromatic N) is 2. The summed E-state index contributed by atoms with van der Waals surface area (Å²) < 4.78 is 0. The van der Waals surface area contributed by atoms with E-state index in [9.17, 15) is 4.79 Å². The number of hydrogen-bond donors (Lipinski definition) is 1. The standard InChI is InChI=1S/C20H18N2OS/c1-13-12-14(2)22-20(21-13)19(24)17-10-8-16(9-11-17)18(23)15-6-4-3-5-7-15/h3-12,19,24H,1-2H3. The van der Waals surface area contributed by atoms with E-state index < -0.39 is 0 Å². The molecule has 0 aliphatic rings. The van der Waals surface area contributed by atoms with Gasteiger partial charge in [0, 0.05) is 22.5 Å². The maximum atomic E-state index is 12.4. The summed E-state index contributed by atoms with van der Waals surface area (Å²) in [5.74, 6) is 0.693. The number of carbonyl (C=O) groups is 1. The Balaban J connectivity index is 1.85. The first-order chi connectivity index (χ1) is 11.5. The molecule has 0 bridgehead atoms. The predicted molar refractivity (Wildman–Crippen MR) is 98.7 cm³/mol. The molecule has 0 spiro atoms. The van der Waals surface area contributed by atoms with Crippen LogP contribution >= 0.6 is 12.6 Å². The Kier molecular flexibility index (Phi) is 4.76. The minimum absolute atomic E-state index is 0.0144. The Morgan fingerprint density at radius 2 is 1.42 bits per heavy atom. The Morgan fingerprint density at radius 3 is 2.00 bits per heavy atom. The van der Waals surface area contributed by atoms with Gasteiger partial charge in [-0.15, -0.1) is 0 Å². The summed E-state index contributed by atoms with van der Waals surface area (Å²) in [6.45, 7) is 3.89. The molecular weight excluding hydrogens is 316 g/mol. The van der Waals surface area contributed by atoms with Gasteiger partial charge in [0.15, 0.2) is 5.78 Å². The molecule has 1 unspecified atom stereocenters. The average molecular weight is 334 g/mol. The van der Waals surface area contributed by atoms with Gasteiger partial charge in [0.25, 0.3) is 0 Å². The molecule has 0 saturated heterocycles. The number of benzene rings is 2. The summed E-state index contributed by atoms with van der Waals surface area (Å²) in [4.78, 5) is 21.4. The Bertz CT molecular complexity index is 840.